The number of hydrogen-bond acceptors (Lipinski definition) is 4. The fourth-order valence-electron chi connectivity index (χ4n) is 1.71. The second-order valence-corrected chi connectivity index (χ2v) is 6.06. The van der Waals surface area contributed by atoms with Gasteiger partial charge in [-0.15, -0.1) is 0 Å². The molecule has 2 aromatic rings. The van der Waals surface area contributed by atoms with Crippen LogP contribution >= 0.6 is 0 Å². The van der Waals surface area contributed by atoms with Crippen LogP contribution in [0.4, 0.5) is 11.4 Å². The third kappa shape index (κ3) is 3.03. The van der Waals surface area contributed by atoms with E-state index in [4.69, 9.17) is 10.5 Å². The second-order valence-electron chi connectivity index (χ2n) is 4.38. The molecule has 0 radical (unpaired) electrons. The summed E-state index contributed by atoms with van der Waals surface area (Å²) in [5.41, 5.74) is 7.48. The topological polar surface area (TPSA) is 81.4 Å². The Hall–Kier alpha value is -2.21. The number of aryl methyl sites for hydroxylation is 1. The summed E-state index contributed by atoms with van der Waals surface area (Å²) in [6.45, 7) is 1.90. The molecule has 0 saturated heterocycles. The van der Waals surface area contributed by atoms with Gasteiger partial charge in [-0.2, -0.15) is 0 Å². The van der Waals surface area contributed by atoms with Gasteiger partial charge < -0.3 is 10.5 Å². The van der Waals surface area contributed by atoms with E-state index in [9.17, 15) is 8.42 Å². The van der Waals surface area contributed by atoms with Gasteiger partial charge in [-0.1, -0.05) is 17.7 Å². The van der Waals surface area contributed by atoms with Gasteiger partial charge in [-0.3, -0.25) is 4.72 Å². The van der Waals surface area contributed by atoms with Crippen molar-refractivity contribution in [3.63, 3.8) is 0 Å². The summed E-state index contributed by atoms with van der Waals surface area (Å²) in [5, 5.41) is 0. The van der Waals surface area contributed by atoms with E-state index >= 15 is 0 Å². The SMILES string of the molecule is COc1cc(N)ccc1NS(=O)(=O)c1ccc(C)cc1. The number of ether oxygens (including phenoxy) is 1. The molecule has 3 N–H and O–H groups in total. The highest BCUT2D eigenvalue weighted by Crippen LogP contribution is 2.28. The van der Waals surface area contributed by atoms with Gasteiger partial charge in [0.25, 0.3) is 10.0 Å². The van der Waals surface area contributed by atoms with Crippen molar-refractivity contribution >= 4 is 21.4 Å². The van der Waals surface area contributed by atoms with Gasteiger partial charge in [-0.05, 0) is 31.2 Å². The lowest BCUT2D eigenvalue weighted by molar-refractivity contribution is 0.417. The zero-order chi connectivity index (χ0) is 14.8. The maximum absolute atomic E-state index is 12.3. The predicted octanol–water partition coefficient (Wildman–Crippen LogP) is 2.39. The first kappa shape index (κ1) is 14.2. The van der Waals surface area contributed by atoms with Crippen molar-refractivity contribution in [3.8, 4) is 5.75 Å². The van der Waals surface area contributed by atoms with Crippen LogP contribution in [-0.4, -0.2) is 15.5 Å². The number of nitrogens with two attached hydrogens (primary N) is 1. The Bertz CT molecular complexity index is 710. The van der Waals surface area contributed by atoms with Crippen LogP contribution in [0.25, 0.3) is 0 Å². The summed E-state index contributed by atoms with van der Waals surface area (Å²) in [6, 6.07) is 11.3. The minimum Gasteiger partial charge on any atom is -0.494 e. The van der Waals surface area contributed by atoms with E-state index in [0.717, 1.165) is 5.56 Å². The van der Waals surface area contributed by atoms with Crippen LogP contribution in [0.2, 0.25) is 0 Å². The molecule has 0 spiro atoms. The molecule has 6 heteroatoms. The van der Waals surface area contributed by atoms with Gasteiger partial charge in [0.15, 0.2) is 0 Å². The molecule has 0 amide bonds. The Labute approximate surface area is 118 Å². The standard InChI is InChI=1S/C14H16N2O3S/c1-10-3-6-12(7-4-10)20(17,18)16-13-8-5-11(15)9-14(13)19-2/h3-9,16H,15H2,1-2H3. The van der Waals surface area contributed by atoms with Gasteiger partial charge in [0.05, 0.1) is 17.7 Å². The van der Waals surface area contributed by atoms with E-state index in [0.29, 0.717) is 17.1 Å². The third-order valence-electron chi connectivity index (χ3n) is 2.80. The molecule has 5 nitrogen and oxygen atoms in total. The Morgan fingerprint density at radius 2 is 1.75 bits per heavy atom. The van der Waals surface area contributed by atoms with Gasteiger partial charge in [0, 0.05) is 11.8 Å². The largest absolute Gasteiger partial charge is 0.494 e. The molecule has 0 atom stereocenters. The summed E-state index contributed by atoms with van der Waals surface area (Å²) in [7, 11) is -2.19. The van der Waals surface area contributed by atoms with Crippen LogP contribution in [0.3, 0.4) is 0 Å². The Morgan fingerprint density at radius 1 is 1.10 bits per heavy atom. The monoisotopic (exact) mass is 292 g/mol. The number of nitrogens with one attached hydrogen (secondary N) is 1. The molecule has 2 rings (SSSR count). The first-order chi connectivity index (χ1) is 9.42. The highest BCUT2D eigenvalue weighted by molar-refractivity contribution is 7.92. The molecule has 0 heterocycles. The van der Waals surface area contributed by atoms with Crippen molar-refractivity contribution in [2.24, 2.45) is 0 Å². The number of rotatable bonds is 4. The van der Waals surface area contributed by atoms with E-state index < -0.39 is 10.0 Å². The van der Waals surface area contributed by atoms with Gasteiger partial charge in [0.2, 0.25) is 0 Å². The fourth-order valence-corrected chi connectivity index (χ4v) is 2.78. The van der Waals surface area contributed by atoms with Crippen molar-refractivity contribution in [2.75, 3.05) is 17.6 Å². The summed E-state index contributed by atoms with van der Waals surface area (Å²) in [4.78, 5) is 0.196. The molecule has 0 bridgehead atoms. The minimum atomic E-state index is -3.65. The van der Waals surface area contributed by atoms with Crippen molar-refractivity contribution in [2.45, 2.75) is 11.8 Å². The number of anilines is 2. The summed E-state index contributed by atoms with van der Waals surface area (Å²) in [5.74, 6) is 0.376. The number of hydrogen-bond donors (Lipinski definition) is 2. The average molecular weight is 292 g/mol. The zero-order valence-electron chi connectivity index (χ0n) is 11.3. The Morgan fingerprint density at radius 3 is 2.35 bits per heavy atom. The van der Waals surface area contributed by atoms with Crippen LogP contribution in [0.1, 0.15) is 5.56 Å². The number of methoxy groups -OCH3 is 1. The van der Waals surface area contributed by atoms with Crippen LogP contribution in [-0.2, 0) is 10.0 Å². The highest BCUT2D eigenvalue weighted by Gasteiger charge is 2.16. The lowest BCUT2D eigenvalue weighted by atomic mass is 10.2. The zero-order valence-corrected chi connectivity index (χ0v) is 12.1. The summed E-state index contributed by atoms with van der Waals surface area (Å²) < 4.78 is 32.1. The van der Waals surface area contributed by atoms with E-state index in [1.165, 1.54) is 7.11 Å². The number of sulfonamides is 1. The highest BCUT2D eigenvalue weighted by atomic mass is 32.2. The van der Waals surface area contributed by atoms with Crippen LogP contribution in [0, 0.1) is 6.92 Å². The van der Waals surface area contributed by atoms with Gasteiger partial charge >= 0.3 is 0 Å². The first-order valence-electron chi connectivity index (χ1n) is 5.95. The van der Waals surface area contributed by atoms with Crippen molar-refractivity contribution in [1.82, 2.24) is 0 Å². The molecule has 2 aromatic carbocycles. The predicted molar refractivity (Wildman–Crippen MR) is 79.4 cm³/mol. The lowest BCUT2D eigenvalue weighted by Crippen LogP contribution is -2.13. The van der Waals surface area contributed by atoms with Gasteiger partial charge in [0.1, 0.15) is 5.75 Å². The molecule has 0 saturated carbocycles. The fraction of sp³-hybridized carbons (Fsp3) is 0.143. The molecule has 0 aromatic heterocycles. The molecule has 0 unspecified atom stereocenters. The molecule has 106 valence electrons. The summed E-state index contributed by atoms with van der Waals surface area (Å²) in [6.07, 6.45) is 0. The second kappa shape index (κ2) is 5.42. The lowest BCUT2D eigenvalue weighted by Gasteiger charge is -2.12. The van der Waals surface area contributed by atoms with Gasteiger partial charge in [-0.25, -0.2) is 8.42 Å². The smallest absolute Gasteiger partial charge is 0.262 e. The van der Waals surface area contributed by atoms with E-state index in [2.05, 4.69) is 4.72 Å². The number of nitrogen functional groups attached to an aromatic ring is 1. The van der Waals surface area contributed by atoms with E-state index in [1.54, 1.807) is 42.5 Å². The first-order valence-corrected chi connectivity index (χ1v) is 7.44. The molecule has 20 heavy (non-hydrogen) atoms. The van der Waals surface area contributed by atoms with E-state index in [1.807, 2.05) is 6.92 Å². The Balaban J connectivity index is 2.35. The van der Waals surface area contributed by atoms with Crippen LogP contribution < -0.4 is 15.2 Å². The van der Waals surface area contributed by atoms with Crippen molar-refractivity contribution < 1.29 is 13.2 Å². The quantitative estimate of drug-likeness (QED) is 0.848. The normalized spacial score (nSPS) is 11.1. The van der Waals surface area contributed by atoms with Crippen LogP contribution in [0.5, 0.6) is 5.75 Å². The molecule has 0 aliphatic heterocycles. The molecule has 0 aliphatic rings. The average Bonchev–Trinajstić information content (AvgIpc) is 2.41. The maximum atomic E-state index is 12.3. The van der Waals surface area contributed by atoms with Crippen LogP contribution in [0.15, 0.2) is 47.4 Å². The maximum Gasteiger partial charge on any atom is 0.262 e. The van der Waals surface area contributed by atoms with Crippen molar-refractivity contribution in [1.29, 1.82) is 0 Å². The molecule has 0 fully saturated rings. The molecule has 0 aliphatic carbocycles. The minimum absolute atomic E-state index is 0.196. The van der Waals surface area contributed by atoms with E-state index in [-0.39, 0.29) is 4.90 Å². The molecular formula is C14H16N2O3S. The summed E-state index contributed by atoms with van der Waals surface area (Å²) >= 11 is 0. The Kier molecular flexibility index (Phi) is 3.85. The van der Waals surface area contributed by atoms with Crippen molar-refractivity contribution in [3.05, 3.63) is 48.0 Å². The third-order valence-corrected chi connectivity index (χ3v) is 4.18. The molecular weight excluding hydrogens is 276 g/mol. The number of benzene rings is 2.